The van der Waals surface area contributed by atoms with Crippen molar-refractivity contribution in [1.82, 2.24) is 9.62 Å². The van der Waals surface area contributed by atoms with Crippen molar-refractivity contribution >= 4 is 10.0 Å². The van der Waals surface area contributed by atoms with Crippen LogP contribution in [0.2, 0.25) is 0 Å². The van der Waals surface area contributed by atoms with Gasteiger partial charge in [0.25, 0.3) is 0 Å². The molecule has 23 heavy (non-hydrogen) atoms. The van der Waals surface area contributed by atoms with Crippen LogP contribution in [0.4, 0.5) is 4.39 Å². The van der Waals surface area contributed by atoms with Gasteiger partial charge in [-0.3, -0.25) is 0 Å². The average Bonchev–Trinajstić information content (AvgIpc) is 2.53. The Morgan fingerprint density at radius 3 is 2.39 bits per heavy atom. The van der Waals surface area contributed by atoms with Crippen LogP contribution in [0, 0.1) is 5.82 Å². The van der Waals surface area contributed by atoms with Gasteiger partial charge >= 0.3 is 0 Å². The van der Waals surface area contributed by atoms with E-state index in [0.29, 0.717) is 0 Å². The van der Waals surface area contributed by atoms with E-state index >= 15 is 0 Å². The lowest BCUT2D eigenvalue weighted by molar-refractivity contribution is 0.200. The van der Waals surface area contributed by atoms with Crippen molar-refractivity contribution in [2.45, 2.75) is 43.0 Å². The third-order valence-electron chi connectivity index (χ3n) is 4.17. The Hall–Kier alpha value is -1.02. The summed E-state index contributed by atoms with van der Waals surface area (Å²) in [5.74, 6) is -0.446. The van der Waals surface area contributed by atoms with E-state index in [2.05, 4.69) is 9.62 Å². The molecule has 1 fully saturated rings. The summed E-state index contributed by atoms with van der Waals surface area (Å²) in [7, 11) is -3.58. The summed E-state index contributed by atoms with van der Waals surface area (Å²) in [5, 5.41) is 8.76. The number of halogens is 1. The van der Waals surface area contributed by atoms with E-state index in [1.165, 1.54) is 12.1 Å². The molecule has 0 saturated carbocycles. The summed E-state index contributed by atoms with van der Waals surface area (Å²) >= 11 is 0. The minimum Gasteiger partial charge on any atom is -0.396 e. The van der Waals surface area contributed by atoms with Crippen LogP contribution in [-0.2, 0) is 10.0 Å². The van der Waals surface area contributed by atoms with Crippen molar-refractivity contribution in [2.75, 3.05) is 26.2 Å². The highest BCUT2D eigenvalue weighted by molar-refractivity contribution is 7.89. The zero-order valence-electron chi connectivity index (χ0n) is 13.2. The molecule has 2 rings (SSSR count). The second-order valence-electron chi connectivity index (χ2n) is 5.98. The summed E-state index contributed by atoms with van der Waals surface area (Å²) in [4.78, 5) is 2.44. The normalized spacial score (nSPS) is 17.5. The van der Waals surface area contributed by atoms with Gasteiger partial charge in [0.2, 0.25) is 10.0 Å². The van der Waals surface area contributed by atoms with E-state index in [9.17, 15) is 12.8 Å². The third-order valence-corrected chi connectivity index (χ3v) is 5.70. The fraction of sp³-hybridized carbons (Fsp3) is 0.625. The predicted octanol–water partition coefficient (Wildman–Crippen LogP) is 1.73. The van der Waals surface area contributed by atoms with Gasteiger partial charge < -0.3 is 10.0 Å². The molecule has 0 bridgehead atoms. The highest BCUT2D eigenvalue weighted by Crippen LogP contribution is 2.16. The summed E-state index contributed by atoms with van der Waals surface area (Å²) in [6.45, 7) is 2.98. The van der Waals surface area contributed by atoms with Gasteiger partial charge in [0.1, 0.15) is 5.82 Å². The molecule has 1 aliphatic heterocycles. The zero-order valence-corrected chi connectivity index (χ0v) is 14.1. The van der Waals surface area contributed by atoms with Gasteiger partial charge in [0, 0.05) is 12.6 Å². The molecule has 0 amide bonds. The molecule has 1 saturated heterocycles. The van der Waals surface area contributed by atoms with Gasteiger partial charge in [0.15, 0.2) is 0 Å². The first-order valence-electron chi connectivity index (χ1n) is 8.12. The van der Waals surface area contributed by atoms with E-state index in [-0.39, 0.29) is 17.5 Å². The number of rotatable bonds is 8. The third kappa shape index (κ3) is 5.84. The molecule has 1 aromatic rings. The summed E-state index contributed by atoms with van der Waals surface area (Å²) in [6, 6.07) is 4.81. The number of unbranched alkanes of at least 4 members (excludes halogenated alkanes) is 2. The van der Waals surface area contributed by atoms with Crippen LogP contribution in [0.25, 0.3) is 0 Å². The molecular formula is C16H25FN2O3S. The molecule has 5 nitrogen and oxygen atoms in total. The fourth-order valence-electron chi connectivity index (χ4n) is 2.80. The Morgan fingerprint density at radius 1 is 1.13 bits per heavy atom. The second kappa shape index (κ2) is 8.73. The average molecular weight is 344 g/mol. The molecule has 0 radical (unpaired) electrons. The zero-order chi connectivity index (χ0) is 16.7. The van der Waals surface area contributed by atoms with Crippen LogP contribution in [-0.4, -0.2) is 50.7 Å². The standard InChI is InChI=1S/C16H25FN2O3S/c17-14-4-6-16(7-5-14)23(21,22)18-15-8-11-19(12-9-15)10-2-1-3-13-20/h4-7,15,18,20H,1-3,8-13H2. The van der Waals surface area contributed by atoms with E-state index < -0.39 is 15.8 Å². The number of sulfonamides is 1. The Kier molecular flexibility index (Phi) is 6.95. The van der Waals surface area contributed by atoms with Gasteiger partial charge in [-0.05, 0) is 76.0 Å². The van der Waals surface area contributed by atoms with E-state index in [1.54, 1.807) is 0 Å². The number of likely N-dealkylation sites (tertiary alicyclic amines) is 1. The second-order valence-corrected chi connectivity index (χ2v) is 7.69. The maximum atomic E-state index is 12.9. The van der Waals surface area contributed by atoms with Crippen LogP contribution in [0.15, 0.2) is 29.2 Å². The van der Waals surface area contributed by atoms with Crippen molar-refractivity contribution in [3.8, 4) is 0 Å². The van der Waals surface area contributed by atoms with E-state index in [0.717, 1.165) is 63.9 Å². The number of aliphatic hydroxyl groups is 1. The summed E-state index contributed by atoms with van der Waals surface area (Å²) in [5.41, 5.74) is 0. The van der Waals surface area contributed by atoms with Crippen molar-refractivity contribution in [3.63, 3.8) is 0 Å². The number of hydrogen-bond acceptors (Lipinski definition) is 4. The summed E-state index contributed by atoms with van der Waals surface area (Å²) in [6.07, 6.45) is 4.48. The van der Waals surface area contributed by atoms with E-state index in [4.69, 9.17) is 5.11 Å². The quantitative estimate of drug-likeness (QED) is 0.705. The van der Waals surface area contributed by atoms with Crippen molar-refractivity contribution < 1.29 is 17.9 Å². The Balaban J connectivity index is 1.78. The SMILES string of the molecule is O=S(=O)(NC1CCN(CCCCCO)CC1)c1ccc(F)cc1. The van der Waals surface area contributed by atoms with Crippen molar-refractivity contribution in [3.05, 3.63) is 30.1 Å². The molecule has 0 aromatic heterocycles. The maximum absolute atomic E-state index is 12.9. The number of hydrogen-bond donors (Lipinski definition) is 2. The van der Waals surface area contributed by atoms with Crippen molar-refractivity contribution in [1.29, 1.82) is 0 Å². The van der Waals surface area contributed by atoms with Gasteiger partial charge in [-0.25, -0.2) is 17.5 Å². The smallest absolute Gasteiger partial charge is 0.240 e. The van der Waals surface area contributed by atoms with Gasteiger partial charge in [-0.15, -0.1) is 0 Å². The van der Waals surface area contributed by atoms with Crippen LogP contribution < -0.4 is 4.72 Å². The Morgan fingerprint density at radius 2 is 1.78 bits per heavy atom. The molecule has 7 heteroatoms. The summed E-state index contributed by atoms with van der Waals surface area (Å²) < 4.78 is 40.1. The number of piperidine rings is 1. The molecule has 0 atom stereocenters. The van der Waals surface area contributed by atoms with E-state index in [1.807, 2.05) is 0 Å². The Labute approximate surface area is 137 Å². The monoisotopic (exact) mass is 344 g/mol. The fourth-order valence-corrected chi connectivity index (χ4v) is 4.10. The molecule has 130 valence electrons. The topological polar surface area (TPSA) is 69.6 Å². The number of nitrogens with zero attached hydrogens (tertiary/aromatic N) is 1. The Bertz CT molecular complexity index is 569. The van der Waals surface area contributed by atoms with Gasteiger partial charge in [-0.2, -0.15) is 0 Å². The highest BCUT2D eigenvalue weighted by atomic mass is 32.2. The molecular weight excluding hydrogens is 319 g/mol. The van der Waals surface area contributed by atoms with Gasteiger partial charge in [-0.1, -0.05) is 0 Å². The lowest BCUT2D eigenvalue weighted by Gasteiger charge is -2.32. The number of benzene rings is 1. The first kappa shape index (κ1) is 18.3. The first-order valence-corrected chi connectivity index (χ1v) is 9.61. The molecule has 1 aromatic carbocycles. The maximum Gasteiger partial charge on any atom is 0.240 e. The van der Waals surface area contributed by atoms with Crippen LogP contribution in [0.5, 0.6) is 0 Å². The predicted molar refractivity (Wildman–Crippen MR) is 87.1 cm³/mol. The number of aliphatic hydroxyl groups excluding tert-OH is 1. The van der Waals surface area contributed by atoms with Gasteiger partial charge in [0.05, 0.1) is 4.90 Å². The van der Waals surface area contributed by atoms with Crippen LogP contribution >= 0.6 is 0 Å². The minimum absolute atomic E-state index is 0.0706. The molecule has 0 spiro atoms. The lowest BCUT2D eigenvalue weighted by atomic mass is 10.1. The van der Waals surface area contributed by atoms with Crippen LogP contribution in [0.3, 0.4) is 0 Å². The molecule has 2 N–H and O–H groups in total. The van der Waals surface area contributed by atoms with Crippen molar-refractivity contribution in [2.24, 2.45) is 0 Å². The van der Waals surface area contributed by atoms with Crippen LogP contribution in [0.1, 0.15) is 32.1 Å². The lowest BCUT2D eigenvalue weighted by Crippen LogP contribution is -2.44. The number of nitrogens with one attached hydrogen (secondary N) is 1. The largest absolute Gasteiger partial charge is 0.396 e. The molecule has 1 aliphatic rings. The molecule has 0 aliphatic carbocycles. The molecule has 0 unspecified atom stereocenters. The molecule has 1 heterocycles. The highest BCUT2D eigenvalue weighted by Gasteiger charge is 2.24. The minimum atomic E-state index is -3.58. The first-order chi connectivity index (χ1) is 11.0.